The summed E-state index contributed by atoms with van der Waals surface area (Å²) >= 11 is 1.42. The summed E-state index contributed by atoms with van der Waals surface area (Å²) in [5.41, 5.74) is 6.32. The average molecular weight is 224 g/mol. The lowest BCUT2D eigenvalue weighted by Gasteiger charge is -2.38. The molecule has 0 aliphatic carbocycles. The SMILES string of the molecule is NC(=O)C1CCN1Cc1csc(C=O)c1. The van der Waals surface area contributed by atoms with Gasteiger partial charge in [0.2, 0.25) is 5.91 Å². The molecule has 1 unspecified atom stereocenters. The standard InChI is InChI=1S/C10H12N2O2S/c11-10(14)9-1-2-12(9)4-7-3-8(5-13)15-6-7/h3,5-6,9H,1-2,4H2,(H2,11,14). The second-order valence-corrected chi connectivity index (χ2v) is 4.60. The van der Waals surface area contributed by atoms with E-state index < -0.39 is 0 Å². The number of rotatable bonds is 4. The molecule has 0 saturated carbocycles. The molecule has 1 aromatic heterocycles. The first-order valence-electron chi connectivity index (χ1n) is 4.76. The van der Waals surface area contributed by atoms with Crippen LogP contribution >= 0.6 is 11.3 Å². The van der Waals surface area contributed by atoms with Gasteiger partial charge in [-0.05, 0) is 23.4 Å². The van der Waals surface area contributed by atoms with Crippen molar-refractivity contribution in [3.8, 4) is 0 Å². The molecule has 4 nitrogen and oxygen atoms in total. The molecular weight excluding hydrogens is 212 g/mol. The van der Waals surface area contributed by atoms with Crippen molar-refractivity contribution in [3.05, 3.63) is 21.9 Å². The van der Waals surface area contributed by atoms with Crippen LogP contribution in [0.5, 0.6) is 0 Å². The number of carbonyl (C=O) groups is 2. The van der Waals surface area contributed by atoms with E-state index in [1.807, 2.05) is 16.3 Å². The minimum Gasteiger partial charge on any atom is -0.368 e. The summed E-state index contributed by atoms with van der Waals surface area (Å²) in [6, 6.07) is 1.73. The van der Waals surface area contributed by atoms with Gasteiger partial charge in [0, 0.05) is 13.1 Å². The lowest BCUT2D eigenvalue weighted by molar-refractivity contribution is -0.127. The summed E-state index contributed by atoms with van der Waals surface area (Å²) in [5.74, 6) is -0.257. The molecule has 0 aromatic carbocycles. The smallest absolute Gasteiger partial charge is 0.234 e. The minimum absolute atomic E-state index is 0.121. The van der Waals surface area contributed by atoms with Gasteiger partial charge >= 0.3 is 0 Å². The highest BCUT2D eigenvalue weighted by molar-refractivity contribution is 7.11. The molecule has 2 heterocycles. The van der Waals surface area contributed by atoms with Gasteiger partial charge in [0.05, 0.1) is 10.9 Å². The summed E-state index contributed by atoms with van der Waals surface area (Å²) in [4.78, 5) is 24.2. The van der Waals surface area contributed by atoms with Crippen LogP contribution in [0.1, 0.15) is 21.7 Å². The van der Waals surface area contributed by atoms with Crippen LogP contribution < -0.4 is 5.73 Å². The van der Waals surface area contributed by atoms with E-state index in [-0.39, 0.29) is 11.9 Å². The number of nitrogens with zero attached hydrogens (tertiary/aromatic N) is 1. The molecule has 1 aliphatic rings. The van der Waals surface area contributed by atoms with Gasteiger partial charge in [-0.15, -0.1) is 11.3 Å². The highest BCUT2D eigenvalue weighted by Crippen LogP contribution is 2.22. The molecule has 0 spiro atoms. The average Bonchev–Trinajstić information content (AvgIpc) is 2.59. The molecule has 1 amide bonds. The number of primary amides is 1. The molecule has 80 valence electrons. The summed E-state index contributed by atoms with van der Waals surface area (Å²) in [6.45, 7) is 1.61. The van der Waals surface area contributed by atoms with Gasteiger partial charge in [0.1, 0.15) is 0 Å². The van der Waals surface area contributed by atoms with Gasteiger partial charge in [-0.2, -0.15) is 0 Å². The zero-order valence-corrected chi connectivity index (χ0v) is 9.00. The number of hydrogen-bond acceptors (Lipinski definition) is 4. The molecule has 0 radical (unpaired) electrons. The Morgan fingerprint density at radius 2 is 2.53 bits per heavy atom. The van der Waals surface area contributed by atoms with Crippen LogP contribution in [-0.2, 0) is 11.3 Å². The predicted molar refractivity (Wildman–Crippen MR) is 57.7 cm³/mol. The topological polar surface area (TPSA) is 63.4 Å². The van der Waals surface area contributed by atoms with Gasteiger partial charge < -0.3 is 5.73 Å². The maximum Gasteiger partial charge on any atom is 0.234 e. The molecule has 1 aliphatic heterocycles. The molecule has 1 atom stereocenters. The molecule has 0 bridgehead atoms. The van der Waals surface area contributed by atoms with Crippen molar-refractivity contribution < 1.29 is 9.59 Å². The number of carbonyl (C=O) groups excluding carboxylic acids is 2. The molecule has 1 saturated heterocycles. The Bertz CT molecular complexity index is 389. The van der Waals surface area contributed by atoms with E-state index in [9.17, 15) is 9.59 Å². The van der Waals surface area contributed by atoms with Crippen molar-refractivity contribution in [1.29, 1.82) is 0 Å². The summed E-state index contributed by atoms with van der Waals surface area (Å²) in [7, 11) is 0. The highest BCUT2D eigenvalue weighted by atomic mass is 32.1. The third-order valence-electron chi connectivity index (χ3n) is 2.63. The van der Waals surface area contributed by atoms with E-state index in [0.29, 0.717) is 6.54 Å². The first kappa shape index (κ1) is 10.3. The number of thiophene rings is 1. The Labute approximate surface area is 91.7 Å². The Balaban J connectivity index is 1.97. The quantitative estimate of drug-likeness (QED) is 0.762. The number of likely N-dealkylation sites (tertiary alicyclic amines) is 1. The Morgan fingerprint density at radius 3 is 3.00 bits per heavy atom. The number of hydrogen-bond donors (Lipinski definition) is 1. The van der Waals surface area contributed by atoms with Gasteiger partial charge in [-0.25, -0.2) is 0 Å². The van der Waals surface area contributed by atoms with E-state index >= 15 is 0 Å². The second-order valence-electron chi connectivity index (χ2n) is 3.65. The minimum atomic E-state index is -0.257. The predicted octanol–water partition coefficient (Wildman–Crippen LogP) is 0.620. The normalized spacial score (nSPS) is 20.9. The van der Waals surface area contributed by atoms with Crippen molar-refractivity contribution >= 4 is 23.5 Å². The molecule has 2 rings (SSSR count). The first-order valence-corrected chi connectivity index (χ1v) is 5.64. The fourth-order valence-corrected chi connectivity index (χ4v) is 2.43. The van der Waals surface area contributed by atoms with Crippen LogP contribution in [-0.4, -0.2) is 29.7 Å². The second kappa shape index (κ2) is 4.12. The maximum atomic E-state index is 11.0. The molecule has 2 N–H and O–H groups in total. The van der Waals surface area contributed by atoms with E-state index in [2.05, 4.69) is 0 Å². The first-order chi connectivity index (χ1) is 7.20. The van der Waals surface area contributed by atoms with Crippen molar-refractivity contribution in [2.75, 3.05) is 6.54 Å². The third-order valence-corrected chi connectivity index (χ3v) is 3.54. The molecule has 5 heteroatoms. The zero-order valence-electron chi connectivity index (χ0n) is 8.18. The Hall–Kier alpha value is -1.20. The van der Waals surface area contributed by atoms with Crippen LogP contribution in [0.2, 0.25) is 0 Å². The van der Waals surface area contributed by atoms with Crippen molar-refractivity contribution in [3.63, 3.8) is 0 Å². The van der Waals surface area contributed by atoms with Crippen molar-refractivity contribution in [2.45, 2.75) is 19.0 Å². The summed E-state index contributed by atoms with van der Waals surface area (Å²) in [6.07, 6.45) is 1.69. The molecular formula is C10H12N2O2S. The molecule has 15 heavy (non-hydrogen) atoms. The van der Waals surface area contributed by atoms with Crippen LogP contribution in [0.15, 0.2) is 11.4 Å². The van der Waals surface area contributed by atoms with Gasteiger partial charge in [-0.1, -0.05) is 0 Å². The van der Waals surface area contributed by atoms with E-state index in [1.54, 1.807) is 0 Å². The van der Waals surface area contributed by atoms with Gasteiger partial charge in [-0.3, -0.25) is 14.5 Å². The highest BCUT2D eigenvalue weighted by Gasteiger charge is 2.32. The largest absolute Gasteiger partial charge is 0.368 e. The molecule has 1 fully saturated rings. The summed E-state index contributed by atoms with van der Waals surface area (Å²) in [5, 5.41) is 1.94. The fraction of sp³-hybridized carbons (Fsp3) is 0.400. The van der Waals surface area contributed by atoms with Crippen LogP contribution in [0.3, 0.4) is 0 Å². The molecule has 1 aromatic rings. The number of nitrogens with two attached hydrogens (primary N) is 1. The van der Waals surface area contributed by atoms with E-state index in [4.69, 9.17) is 5.73 Å². The van der Waals surface area contributed by atoms with E-state index in [0.717, 1.165) is 29.7 Å². The third kappa shape index (κ3) is 2.08. The van der Waals surface area contributed by atoms with Crippen molar-refractivity contribution in [2.24, 2.45) is 5.73 Å². The van der Waals surface area contributed by atoms with Gasteiger partial charge in [0.15, 0.2) is 6.29 Å². The monoisotopic (exact) mass is 224 g/mol. The zero-order chi connectivity index (χ0) is 10.8. The number of aldehydes is 1. The number of amides is 1. The fourth-order valence-electron chi connectivity index (χ4n) is 1.73. The Morgan fingerprint density at radius 1 is 1.73 bits per heavy atom. The van der Waals surface area contributed by atoms with Gasteiger partial charge in [0.25, 0.3) is 0 Å². The van der Waals surface area contributed by atoms with Crippen LogP contribution in [0.4, 0.5) is 0 Å². The lowest BCUT2D eigenvalue weighted by Crippen LogP contribution is -2.54. The lowest BCUT2D eigenvalue weighted by atomic mass is 10.0. The maximum absolute atomic E-state index is 11.0. The van der Waals surface area contributed by atoms with E-state index in [1.165, 1.54) is 11.3 Å². The van der Waals surface area contributed by atoms with Crippen molar-refractivity contribution in [1.82, 2.24) is 4.90 Å². The summed E-state index contributed by atoms with van der Waals surface area (Å²) < 4.78 is 0. The van der Waals surface area contributed by atoms with Crippen LogP contribution in [0.25, 0.3) is 0 Å². The Kier molecular flexibility index (Phi) is 2.83. The van der Waals surface area contributed by atoms with Crippen LogP contribution in [0, 0.1) is 0 Å².